The van der Waals surface area contributed by atoms with Gasteiger partial charge in [0.05, 0.1) is 6.54 Å². The Bertz CT molecular complexity index is 533. The van der Waals surface area contributed by atoms with E-state index in [0.717, 1.165) is 11.3 Å². The van der Waals surface area contributed by atoms with Gasteiger partial charge in [-0.3, -0.25) is 0 Å². The SMILES string of the molecule is S=C1Nc2ccccc2Cn2nnnc21. The van der Waals surface area contributed by atoms with Crippen molar-refractivity contribution in [3.8, 4) is 0 Å². The lowest BCUT2D eigenvalue weighted by atomic mass is 10.2. The molecule has 1 aromatic heterocycles. The van der Waals surface area contributed by atoms with Crippen molar-refractivity contribution in [3.63, 3.8) is 0 Å². The largest absolute Gasteiger partial charge is 0.343 e. The molecule has 3 rings (SSSR count). The average molecular weight is 217 g/mol. The number of benzene rings is 1. The highest BCUT2D eigenvalue weighted by atomic mass is 32.1. The fourth-order valence-corrected chi connectivity index (χ4v) is 1.85. The van der Waals surface area contributed by atoms with Crippen LogP contribution in [-0.2, 0) is 6.54 Å². The van der Waals surface area contributed by atoms with Crippen molar-refractivity contribution in [2.75, 3.05) is 5.32 Å². The molecule has 0 bridgehead atoms. The third-order valence-electron chi connectivity index (χ3n) is 2.32. The number of aromatic nitrogens is 4. The molecule has 0 saturated carbocycles. The van der Waals surface area contributed by atoms with E-state index in [2.05, 4.69) is 20.8 Å². The summed E-state index contributed by atoms with van der Waals surface area (Å²) in [4.78, 5) is 0.560. The van der Waals surface area contributed by atoms with E-state index in [9.17, 15) is 0 Å². The van der Waals surface area contributed by atoms with Crippen LogP contribution in [0.5, 0.6) is 0 Å². The Morgan fingerprint density at radius 1 is 1.33 bits per heavy atom. The molecule has 1 aromatic carbocycles. The van der Waals surface area contributed by atoms with Crippen molar-refractivity contribution in [2.24, 2.45) is 0 Å². The molecule has 0 amide bonds. The first kappa shape index (κ1) is 8.49. The minimum absolute atomic E-state index is 0.560. The zero-order valence-electron chi connectivity index (χ0n) is 7.71. The van der Waals surface area contributed by atoms with Crippen LogP contribution >= 0.6 is 12.2 Å². The van der Waals surface area contributed by atoms with E-state index < -0.39 is 0 Å². The molecule has 6 heteroatoms. The number of thiocarbonyl (C=S) groups is 1. The Morgan fingerprint density at radius 3 is 3.13 bits per heavy atom. The van der Waals surface area contributed by atoms with Gasteiger partial charge in [0.25, 0.3) is 0 Å². The van der Waals surface area contributed by atoms with Crippen LogP contribution in [-0.4, -0.2) is 25.2 Å². The van der Waals surface area contributed by atoms with Crippen molar-refractivity contribution in [1.82, 2.24) is 20.2 Å². The number of anilines is 1. The molecule has 2 aromatic rings. The van der Waals surface area contributed by atoms with Crippen molar-refractivity contribution in [1.29, 1.82) is 0 Å². The average Bonchev–Trinajstić information content (AvgIpc) is 2.64. The smallest absolute Gasteiger partial charge is 0.210 e. The van der Waals surface area contributed by atoms with Crippen molar-refractivity contribution >= 4 is 22.9 Å². The lowest BCUT2D eigenvalue weighted by molar-refractivity contribution is 0.648. The second-order valence-corrected chi connectivity index (χ2v) is 3.68. The summed E-state index contributed by atoms with van der Waals surface area (Å²) in [7, 11) is 0. The molecule has 0 unspecified atom stereocenters. The van der Waals surface area contributed by atoms with Crippen LogP contribution in [0.25, 0.3) is 0 Å². The lowest BCUT2D eigenvalue weighted by Crippen LogP contribution is -2.14. The van der Waals surface area contributed by atoms with E-state index in [1.807, 2.05) is 24.3 Å². The van der Waals surface area contributed by atoms with Crippen LogP contribution in [0, 0.1) is 0 Å². The molecule has 1 aliphatic rings. The van der Waals surface area contributed by atoms with E-state index in [1.54, 1.807) is 4.68 Å². The minimum Gasteiger partial charge on any atom is -0.343 e. The second kappa shape index (κ2) is 3.09. The quantitative estimate of drug-likeness (QED) is 0.662. The van der Waals surface area contributed by atoms with Crippen LogP contribution in [0.4, 0.5) is 5.69 Å². The highest BCUT2D eigenvalue weighted by molar-refractivity contribution is 7.81. The maximum atomic E-state index is 5.20. The highest BCUT2D eigenvalue weighted by Crippen LogP contribution is 2.20. The van der Waals surface area contributed by atoms with Crippen molar-refractivity contribution in [3.05, 3.63) is 35.7 Å². The number of tetrazole rings is 1. The first-order chi connectivity index (χ1) is 7.34. The molecule has 0 radical (unpaired) electrons. The van der Waals surface area contributed by atoms with Gasteiger partial charge in [-0.1, -0.05) is 30.4 Å². The Labute approximate surface area is 91.1 Å². The highest BCUT2D eigenvalue weighted by Gasteiger charge is 2.18. The van der Waals surface area contributed by atoms with E-state index in [4.69, 9.17) is 12.2 Å². The van der Waals surface area contributed by atoms with Gasteiger partial charge in [0.2, 0.25) is 5.82 Å². The zero-order valence-corrected chi connectivity index (χ0v) is 8.53. The van der Waals surface area contributed by atoms with Crippen LogP contribution in [0.2, 0.25) is 0 Å². The Hall–Kier alpha value is -1.82. The third-order valence-corrected chi connectivity index (χ3v) is 2.61. The number of hydrogen-bond donors (Lipinski definition) is 1. The predicted octanol–water partition coefficient (Wildman–Crippen LogP) is 0.822. The Balaban J connectivity index is 2.18. The van der Waals surface area contributed by atoms with Gasteiger partial charge in [0, 0.05) is 5.69 Å². The summed E-state index contributed by atoms with van der Waals surface area (Å²) in [6.07, 6.45) is 0. The molecule has 2 heterocycles. The molecule has 0 aliphatic carbocycles. The first-order valence-corrected chi connectivity index (χ1v) is 4.91. The van der Waals surface area contributed by atoms with Gasteiger partial charge in [0.1, 0.15) is 0 Å². The molecule has 1 N–H and O–H groups in total. The van der Waals surface area contributed by atoms with Crippen LogP contribution in [0.1, 0.15) is 11.4 Å². The fraction of sp³-hybridized carbons (Fsp3) is 0.111. The van der Waals surface area contributed by atoms with Gasteiger partial charge in [0.15, 0.2) is 4.99 Å². The fourth-order valence-electron chi connectivity index (χ4n) is 1.59. The predicted molar refractivity (Wildman–Crippen MR) is 58.7 cm³/mol. The summed E-state index contributed by atoms with van der Waals surface area (Å²) in [5.41, 5.74) is 2.14. The van der Waals surface area contributed by atoms with Crippen LogP contribution in [0.15, 0.2) is 24.3 Å². The van der Waals surface area contributed by atoms with Gasteiger partial charge in [-0.25, -0.2) is 4.68 Å². The molecular formula is C9H7N5S. The van der Waals surface area contributed by atoms with Gasteiger partial charge < -0.3 is 5.32 Å². The van der Waals surface area contributed by atoms with Crippen molar-refractivity contribution < 1.29 is 0 Å². The molecule has 74 valence electrons. The van der Waals surface area contributed by atoms with Gasteiger partial charge in [-0.15, -0.1) is 5.10 Å². The van der Waals surface area contributed by atoms with Gasteiger partial charge in [-0.05, 0) is 22.1 Å². The summed E-state index contributed by atoms with van der Waals surface area (Å²) in [6.45, 7) is 0.644. The van der Waals surface area contributed by atoms with Crippen LogP contribution < -0.4 is 5.32 Å². The number of rotatable bonds is 0. The normalized spacial score (nSPS) is 13.7. The first-order valence-electron chi connectivity index (χ1n) is 4.50. The summed E-state index contributed by atoms with van der Waals surface area (Å²) in [5, 5.41) is 14.5. The van der Waals surface area contributed by atoms with Crippen LogP contribution in [0.3, 0.4) is 0 Å². The number of nitrogens with one attached hydrogen (secondary N) is 1. The molecule has 0 saturated heterocycles. The Morgan fingerprint density at radius 2 is 2.20 bits per heavy atom. The molecule has 5 nitrogen and oxygen atoms in total. The number of para-hydroxylation sites is 1. The van der Waals surface area contributed by atoms with Crippen molar-refractivity contribution in [2.45, 2.75) is 6.54 Å². The molecule has 0 atom stereocenters. The molecular weight excluding hydrogens is 210 g/mol. The lowest BCUT2D eigenvalue weighted by Gasteiger charge is -2.05. The maximum absolute atomic E-state index is 5.20. The molecule has 15 heavy (non-hydrogen) atoms. The second-order valence-electron chi connectivity index (χ2n) is 3.27. The number of hydrogen-bond acceptors (Lipinski definition) is 4. The Kier molecular flexibility index (Phi) is 1.75. The number of nitrogens with zero attached hydrogens (tertiary/aromatic N) is 4. The topological polar surface area (TPSA) is 55.6 Å². The summed E-state index contributed by atoms with van der Waals surface area (Å²) in [5.74, 6) is 0.612. The van der Waals surface area contributed by atoms with E-state index in [0.29, 0.717) is 17.4 Å². The van der Waals surface area contributed by atoms with Gasteiger partial charge in [-0.2, -0.15) is 0 Å². The van der Waals surface area contributed by atoms with E-state index in [1.165, 1.54) is 0 Å². The standard InChI is InChI=1S/C9H7N5S/c15-9-8-11-12-13-14(8)5-6-3-1-2-4-7(6)10-9/h1-4H,5H2,(H,10,15). The zero-order chi connectivity index (χ0) is 10.3. The molecule has 0 spiro atoms. The van der Waals surface area contributed by atoms with Gasteiger partial charge >= 0.3 is 0 Å². The van der Waals surface area contributed by atoms with E-state index >= 15 is 0 Å². The third kappa shape index (κ3) is 1.30. The number of fused-ring (bicyclic) bond motifs is 2. The van der Waals surface area contributed by atoms with E-state index in [-0.39, 0.29) is 0 Å². The maximum Gasteiger partial charge on any atom is 0.210 e. The summed E-state index contributed by atoms with van der Waals surface area (Å²) in [6, 6.07) is 7.97. The molecule has 0 fully saturated rings. The minimum atomic E-state index is 0.560. The summed E-state index contributed by atoms with van der Waals surface area (Å²) < 4.78 is 1.70. The molecule has 1 aliphatic heterocycles. The summed E-state index contributed by atoms with van der Waals surface area (Å²) >= 11 is 5.20. The monoisotopic (exact) mass is 217 g/mol.